The zero-order valence-corrected chi connectivity index (χ0v) is 19.2. The van der Waals surface area contributed by atoms with Crippen molar-refractivity contribution in [2.75, 3.05) is 32.9 Å². The fourth-order valence-electron chi connectivity index (χ4n) is 4.76. The lowest BCUT2D eigenvalue weighted by atomic mass is 9.98. The largest absolute Gasteiger partial charge is 0.481 e. The van der Waals surface area contributed by atoms with Crippen molar-refractivity contribution in [3.05, 3.63) is 59.7 Å². The molecule has 1 heterocycles. The first-order valence-corrected chi connectivity index (χ1v) is 11.6. The minimum absolute atomic E-state index is 0.00820. The topological polar surface area (TPSA) is 105 Å². The number of morpholine rings is 1. The predicted molar refractivity (Wildman–Crippen MR) is 125 cm³/mol. The molecule has 0 radical (unpaired) electrons. The molecule has 0 bridgehead atoms. The first-order chi connectivity index (χ1) is 16.5. The van der Waals surface area contributed by atoms with Crippen LogP contribution < -0.4 is 5.32 Å². The molecule has 8 heteroatoms. The number of alkyl carbamates (subject to hydrolysis) is 1. The molecule has 1 aliphatic carbocycles. The van der Waals surface area contributed by atoms with Gasteiger partial charge in [-0.15, -0.1) is 0 Å². The van der Waals surface area contributed by atoms with Crippen LogP contribution in [0, 0.1) is 5.92 Å². The van der Waals surface area contributed by atoms with Gasteiger partial charge in [0.25, 0.3) is 0 Å². The molecule has 2 aliphatic rings. The summed E-state index contributed by atoms with van der Waals surface area (Å²) < 4.78 is 10.9. The van der Waals surface area contributed by atoms with Crippen molar-refractivity contribution in [2.45, 2.75) is 31.7 Å². The molecule has 0 saturated carbocycles. The highest BCUT2D eigenvalue weighted by atomic mass is 16.5. The summed E-state index contributed by atoms with van der Waals surface area (Å²) in [6.45, 7) is 3.31. The van der Waals surface area contributed by atoms with Gasteiger partial charge in [0.15, 0.2) is 0 Å². The third kappa shape index (κ3) is 5.22. The van der Waals surface area contributed by atoms with E-state index in [1.807, 2.05) is 24.3 Å². The number of benzene rings is 2. The Morgan fingerprint density at radius 3 is 2.41 bits per heavy atom. The van der Waals surface area contributed by atoms with Crippen LogP contribution >= 0.6 is 0 Å². The van der Waals surface area contributed by atoms with Crippen molar-refractivity contribution in [3.63, 3.8) is 0 Å². The molecule has 2 amide bonds. The van der Waals surface area contributed by atoms with Crippen LogP contribution in [-0.2, 0) is 19.1 Å². The van der Waals surface area contributed by atoms with Crippen LogP contribution in [-0.4, -0.2) is 66.9 Å². The Morgan fingerprint density at radius 1 is 1.12 bits per heavy atom. The normalized spacial score (nSPS) is 18.0. The number of fused-ring (bicyclic) bond motifs is 3. The highest BCUT2D eigenvalue weighted by Gasteiger charge is 2.32. The van der Waals surface area contributed by atoms with E-state index in [0.29, 0.717) is 19.6 Å². The number of amides is 2. The molecule has 2 aromatic rings. The fraction of sp³-hybridized carbons (Fsp3) is 0.423. The maximum atomic E-state index is 12.8. The number of nitrogens with zero attached hydrogens (tertiary/aromatic N) is 1. The predicted octanol–water partition coefficient (Wildman–Crippen LogP) is 3.25. The second-order valence-electron chi connectivity index (χ2n) is 8.80. The van der Waals surface area contributed by atoms with E-state index in [4.69, 9.17) is 14.6 Å². The van der Waals surface area contributed by atoms with Gasteiger partial charge in [-0.05, 0) is 28.7 Å². The van der Waals surface area contributed by atoms with E-state index in [0.717, 1.165) is 11.1 Å². The van der Waals surface area contributed by atoms with Gasteiger partial charge < -0.3 is 24.8 Å². The van der Waals surface area contributed by atoms with Gasteiger partial charge in [-0.1, -0.05) is 55.5 Å². The first-order valence-electron chi connectivity index (χ1n) is 11.6. The molecule has 8 nitrogen and oxygen atoms in total. The Labute approximate surface area is 198 Å². The molecule has 4 rings (SSSR count). The second-order valence-corrected chi connectivity index (χ2v) is 8.80. The van der Waals surface area contributed by atoms with E-state index in [1.165, 1.54) is 11.1 Å². The Hall–Kier alpha value is -3.39. The number of carbonyl (C=O) groups excluding carboxylic acids is 2. The lowest BCUT2D eigenvalue weighted by molar-refractivity contribution is -0.148. The number of rotatable bonds is 8. The molecule has 1 aliphatic heterocycles. The SMILES string of the molecule is CC(CCNC(=O)OCC1c2ccccc2-c2ccccc21)C(=O)N1CCOCC1CC(=O)O. The van der Waals surface area contributed by atoms with Crippen LogP contribution in [0.25, 0.3) is 11.1 Å². The summed E-state index contributed by atoms with van der Waals surface area (Å²) in [7, 11) is 0. The third-order valence-electron chi connectivity index (χ3n) is 6.53. The minimum Gasteiger partial charge on any atom is -0.481 e. The highest BCUT2D eigenvalue weighted by Crippen LogP contribution is 2.44. The van der Waals surface area contributed by atoms with Crippen LogP contribution in [0.1, 0.15) is 36.8 Å². The second kappa shape index (κ2) is 10.7. The van der Waals surface area contributed by atoms with Crippen LogP contribution in [0.5, 0.6) is 0 Å². The molecule has 2 aromatic carbocycles. The van der Waals surface area contributed by atoms with E-state index < -0.39 is 18.1 Å². The van der Waals surface area contributed by atoms with E-state index in [9.17, 15) is 14.4 Å². The van der Waals surface area contributed by atoms with Gasteiger partial charge in [-0.3, -0.25) is 9.59 Å². The molecule has 180 valence electrons. The van der Waals surface area contributed by atoms with Gasteiger partial charge in [0.05, 0.1) is 25.7 Å². The summed E-state index contributed by atoms with van der Waals surface area (Å²) in [6, 6.07) is 15.8. The molecular formula is C26H30N2O6. The van der Waals surface area contributed by atoms with Crippen LogP contribution in [0.3, 0.4) is 0 Å². The van der Waals surface area contributed by atoms with Gasteiger partial charge in [-0.2, -0.15) is 0 Å². The molecule has 2 atom stereocenters. The smallest absolute Gasteiger partial charge is 0.407 e. The monoisotopic (exact) mass is 466 g/mol. The average molecular weight is 467 g/mol. The van der Waals surface area contributed by atoms with Gasteiger partial charge in [0, 0.05) is 24.9 Å². The van der Waals surface area contributed by atoms with Crippen LogP contribution in [0.2, 0.25) is 0 Å². The molecule has 34 heavy (non-hydrogen) atoms. The number of aliphatic carboxylic acids is 1. The number of nitrogens with one attached hydrogen (secondary N) is 1. The molecule has 0 aromatic heterocycles. The summed E-state index contributed by atoms with van der Waals surface area (Å²) >= 11 is 0. The molecule has 1 saturated heterocycles. The number of carboxylic acid groups (broad SMARTS) is 1. The van der Waals surface area contributed by atoms with Gasteiger partial charge in [0.2, 0.25) is 5.91 Å². The van der Waals surface area contributed by atoms with Crippen LogP contribution in [0.4, 0.5) is 4.79 Å². The van der Waals surface area contributed by atoms with Gasteiger partial charge in [0.1, 0.15) is 6.61 Å². The van der Waals surface area contributed by atoms with Crippen molar-refractivity contribution in [1.29, 1.82) is 0 Å². The van der Waals surface area contributed by atoms with Gasteiger partial charge >= 0.3 is 12.1 Å². The minimum atomic E-state index is -0.960. The summed E-state index contributed by atoms with van der Waals surface area (Å²) in [4.78, 5) is 37.9. The number of carbonyl (C=O) groups is 3. The van der Waals surface area contributed by atoms with Crippen molar-refractivity contribution >= 4 is 18.0 Å². The first kappa shape index (κ1) is 23.8. The lowest BCUT2D eigenvalue weighted by Crippen LogP contribution is -2.51. The number of hydrogen-bond acceptors (Lipinski definition) is 5. The highest BCUT2D eigenvalue weighted by molar-refractivity contribution is 5.80. The van der Waals surface area contributed by atoms with Crippen molar-refractivity contribution in [2.24, 2.45) is 5.92 Å². The Kier molecular flexibility index (Phi) is 7.47. The van der Waals surface area contributed by atoms with E-state index in [2.05, 4.69) is 29.6 Å². The molecule has 1 fully saturated rings. The molecule has 2 unspecified atom stereocenters. The van der Waals surface area contributed by atoms with E-state index in [-0.39, 0.29) is 43.9 Å². The summed E-state index contributed by atoms with van der Waals surface area (Å²) in [6.07, 6.45) is -0.229. The Balaban J connectivity index is 1.26. The van der Waals surface area contributed by atoms with Crippen molar-refractivity contribution in [3.8, 4) is 11.1 Å². The zero-order chi connectivity index (χ0) is 24.1. The quantitative estimate of drug-likeness (QED) is 0.619. The number of carboxylic acids is 1. The summed E-state index contributed by atoms with van der Waals surface area (Å²) in [5, 5.41) is 11.8. The molecular weight excluding hydrogens is 436 g/mol. The maximum absolute atomic E-state index is 12.8. The standard InChI is InChI=1S/C26H30N2O6/c1-17(25(31)28-12-13-33-15-18(28)14-24(29)30)10-11-27-26(32)34-16-23-21-8-4-2-6-19(21)20-7-3-5-9-22(20)23/h2-9,17-18,23H,10-16H2,1H3,(H,27,32)(H,29,30). The van der Waals surface area contributed by atoms with Gasteiger partial charge in [-0.25, -0.2) is 4.79 Å². The Bertz CT molecular complexity index is 1010. The average Bonchev–Trinajstić information content (AvgIpc) is 3.16. The molecule has 0 spiro atoms. The van der Waals surface area contributed by atoms with E-state index >= 15 is 0 Å². The zero-order valence-electron chi connectivity index (χ0n) is 19.2. The lowest BCUT2D eigenvalue weighted by Gasteiger charge is -2.36. The van der Waals surface area contributed by atoms with Crippen molar-refractivity contribution in [1.82, 2.24) is 10.2 Å². The maximum Gasteiger partial charge on any atom is 0.407 e. The summed E-state index contributed by atoms with van der Waals surface area (Å²) in [5.74, 6) is -1.45. The van der Waals surface area contributed by atoms with Crippen LogP contribution in [0.15, 0.2) is 48.5 Å². The third-order valence-corrected chi connectivity index (χ3v) is 6.53. The number of hydrogen-bond donors (Lipinski definition) is 2. The fourth-order valence-corrected chi connectivity index (χ4v) is 4.76. The summed E-state index contributed by atoms with van der Waals surface area (Å²) in [5.41, 5.74) is 4.64. The number of ether oxygens (including phenoxy) is 2. The molecule has 2 N–H and O–H groups in total. The van der Waals surface area contributed by atoms with E-state index in [1.54, 1.807) is 11.8 Å². The van der Waals surface area contributed by atoms with Crippen molar-refractivity contribution < 1.29 is 29.0 Å². The Morgan fingerprint density at radius 2 is 1.76 bits per heavy atom.